The van der Waals surface area contributed by atoms with Gasteiger partial charge >= 0.3 is 0 Å². The highest BCUT2D eigenvalue weighted by molar-refractivity contribution is 6.11. The Kier molecular flexibility index (Phi) is 5.44. The van der Waals surface area contributed by atoms with Gasteiger partial charge in [0.05, 0.1) is 7.11 Å². The van der Waals surface area contributed by atoms with E-state index in [1.54, 1.807) is 14.0 Å². The molecule has 3 fully saturated rings. The first-order valence-corrected chi connectivity index (χ1v) is 10.8. The number of hydrogen-bond acceptors (Lipinski definition) is 4. The van der Waals surface area contributed by atoms with Gasteiger partial charge in [-0.05, 0) is 62.6 Å². The molecule has 1 aromatic rings. The summed E-state index contributed by atoms with van der Waals surface area (Å²) in [4.78, 5) is 40.8. The summed E-state index contributed by atoms with van der Waals surface area (Å²) in [6.45, 7) is 5.00. The maximum Gasteiger partial charge on any atom is 0.225 e. The van der Waals surface area contributed by atoms with E-state index in [4.69, 9.17) is 4.74 Å². The number of benzene rings is 1. The molecule has 1 saturated heterocycles. The molecular weight excluding hydrogens is 378 g/mol. The Balaban J connectivity index is 1.54. The van der Waals surface area contributed by atoms with Crippen LogP contribution in [0.3, 0.4) is 0 Å². The molecule has 2 aliphatic carbocycles. The fourth-order valence-corrected chi connectivity index (χ4v) is 5.17. The first-order chi connectivity index (χ1) is 14.4. The number of carbonyl (C=O) groups excluding carboxylic acids is 3. The van der Waals surface area contributed by atoms with Crippen LogP contribution in [0.15, 0.2) is 12.1 Å². The highest BCUT2D eigenvalue weighted by Crippen LogP contribution is 2.48. The molecule has 4 rings (SSSR count). The Hall–Kier alpha value is -2.61. The highest BCUT2D eigenvalue weighted by atomic mass is 16.5. The van der Waals surface area contributed by atoms with Crippen LogP contribution >= 0.6 is 0 Å². The van der Waals surface area contributed by atoms with Crippen molar-refractivity contribution >= 4 is 17.5 Å². The number of amides is 1. The van der Waals surface area contributed by atoms with Crippen LogP contribution in [0.4, 0.5) is 0 Å². The average molecular weight is 408 g/mol. The number of rotatable bonds is 3. The zero-order valence-corrected chi connectivity index (χ0v) is 18.0. The van der Waals surface area contributed by atoms with Crippen LogP contribution in [0, 0.1) is 30.1 Å². The summed E-state index contributed by atoms with van der Waals surface area (Å²) in [5.41, 5.74) is 2.07. The summed E-state index contributed by atoms with van der Waals surface area (Å²) in [6.07, 6.45) is 4.27. The van der Waals surface area contributed by atoms with Gasteiger partial charge in [0.25, 0.3) is 0 Å². The molecule has 0 radical (unpaired) electrons. The lowest BCUT2D eigenvalue weighted by atomic mass is 9.63. The van der Waals surface area contributed by atoms with E-state index in [9.17, 15) is 14.4 Å². The summed E-state index contributed by atoms with van der Waals surface area (Å²) in [6, 6.07) is 3.73. The fourth-order valence-electron chi connectivity index (χ4n) is 5.17. The molecule has 1 amide bonds. The Bertz CT molecular complexity index is 935. The topological polar surface area (TPSA) is 63.7 Å². The predicted molar refractivity (Wildman–Crippen MR) is 113 cm³/mol. The Morgan fingerprint density at radius 3 is 2.30 bits per heavy atom. The van der Waals surface area contributed by atoms with Crippen LogP contribution in [0.25, 0.3) is 0 Å². The minimum atomic E-state index is -0.764. The van der Waals surface area contributed by atoms with E-state index >= 15 is 0 Å². The third-order valence-electron chi connectivity index (χ3n) is 6.93. The van der Waals surface area contributed by atoms with Crippen molar-refractivity contribution < 1.29 is 19.1 Å². The molecule has 1 spiro atoms. The van der Waals surface area contributed by atoms with Gasteiger partial charge in [-0.25, -0.2) is 0 Å². The molecule has 0 N–H and O–H groups in total. The largest absolute Gasteiger partial charge is 0.496 e. The number of Topliss-reactive ketones (excluding diaryl/α,β-unsaturated/α-hetero) is 2. The SMILES string of the molecule is CC#Cc1cc(C)c(C2C(=O)CC3(CCN(C(=O)C4CC4)CC3)CC2=O)c(OC)c1. The van der Waals surface area contributed by atoms with Crippen LogP contribution in [-0.4, -0.2) is 42.6 Å². The molecule has 0 aromatic heterocycles. The van der Waals surface area contributed by atoms with Gasteiger partial charge in [0.1, 0.15) is 23.2 Å². The molecule has 3 aliphatic rings. The molecule has 5 heteroatoms. The van der Waals surface area contributed by atoms with E-state index in [2.05, 4.69) is 11.8 Å². The molecular formula is C25H29NO4. The maximum absolute atomic E-state index is 13.3. The van der Waals surface area contributed by atoms with E-state index in [-0.39, 0.29) is 28.8 Å². The Labute approximate surface area is 178 Å². The van der Waals surface area contributed by atoms with E-state index in [0.29, 0.717) is 37.2 Å². The second-order valence-corrected chi connectivity index (χ2v) is 9.10. The minimum absolute atomic E-state index is 0.0241. The number of ketones is 2. The van der Waals surface area contributed by atoms with Gasteiger partial charge in [0.15, 0.2) is 0 Å². The van der Waals surface area contributed by atoms with Crippen molar-refractivity contribution in [2.75, 3.05) is 20.2 Å². The second-order valence-electron chi connectivity index (χ2n) is 9.10. The summed E-state index contributed by atoms with van der Waals surface area (Å²) >= 11 is 0. The van der Waals surface area contributed by atoms with Gasteiger partial charge in [0.2, 0.25) is 5.91 Å². The third-order valence-corrected chi connectivity index (χ3v) is 6.93. The van der Waals surface area contributed by atoms with Gasteiger partial charge in [-0.2, -0.15) is 0 Å². The fraction of sp³-hybridized carbons (Fsp3) is 0.560. The minimum Gasteiger partial charge on any atom is -0.496 e. The number of ether oxygens (including phenoxy) is 1. The van der Waals surface area contributed by atoms with Crippen LogP contribution in [0.2, 0.25) is 0 Å². The van der Waals surface area contributed by atoms with E-state index in [1.807, 2.05) is 24.0 Å². The molecule has 158 valence electrons. The van der Waals surface area contributed by atoms with Crippen molar-refractivity contribution in [3.05, 3.63) is 28.8 Å². The smallest absolute Gasteiger partial charge is 0.225 e. The lowest BCUT2D eigenvalue weighted by molar-refractivity contribution is -0.140. The molecule has 1 aromatic carbocycles. The lowest BCUT2D eigenvalue weighted by Crippen LogP contribution is -2.48. The monoisotopic (exact) mass is 407 g/mol. The number of carbonyl (C=O) groups is 3. The molecule has 0 bridgehead atoms. The first kappa shape index (κ1) is 20.7. The molecule has 0 unspecified atom stereocenters. The molecule has 1 heterocycles. The summed E-state index contributed by atoms with van der Waals surface area (Å²) in [7, 11) is 1.56. The number of piperidine rings is 1. The van der Waals surface area contributed by atoms with E-state index in [0.717, 1.165) is 36.8 Å². The summed E-state index contributed by atoms with van der Waals surface area (Å²) in [5.74, 6) is 6.11. The molecule has 2 saturated carbocycles. The molecule has 0 atom stereocenters. The highest BCUT2D eigenvalue weighted by Gasteiger charge is 2.48. The van der Waals surface area contributed by atoms with Crippen molar-refractivity contribution in [1.29, 1.82) is 0 Å². The average Bonchev–Trinajstić information content (AvgIpc) is 3.54. The third kappa shape index (κ3) is 3.76. The molecule has 30 heavy (non-hydrogen) atoms. The maximum atomic E-state index is 13.3. The van der Waals surface area contributed by atoms with Crippen LogP contribution < -0.4 is 4.74 Å². The zero-order valence-electron chi connectivity index (χ0n) is 18.0. The standard InChI is InChI=1S/C25H29NO4/c1-4-5-17-12-16(2)22(21(13-17)30-3)23-19(27)14-25(15-20(23)28)8-10-26(11-9-25)24(29)18-6-7-18/h12-13,18,23H,6-11,14-15H2,1-3H3. The quantitative estimate of drug-likeness (QED) is 0.569. The lowest BCUT2D eigenvalue weighted by Gasteiger charge is -2.44. The van der Waals surface area contributed by atoms with Crippen LogP contribution in [-0.2, 0) is 14.4 Å². The number of hydrogen-bond donors (Lipinski definition) is 0. The van der Waals surface area contributed by atoms with E-state index < -0.39 is 5.92 Å². The predicted octanol–water partition coefficient (Wildman–Crippen LogP) is 3.41. The van der Waals surface area contributed by atoms with Crippen LogP contribution in [0.5, 0.6) is 5.75 Å². The second kappa shape index (κ2) is 7.91. The molecule has 1 aliphatic heterocycles. The first-order valence-electron chi connectivity index (χ1n) is 10.8. The van der Waals surface area contributed by atoms with Gasteiger partial charge in [-0.15, -0.1) is 5.92 Å². The number of nitrogens with zero attached hydrogens (tertiary/aromatic N) is 1. The van der Waals surface area contributed by atoms with Gasteiger partial charge in [-0.3, -0.25) is 14.4 Å². The Morgan fingerprint density at radius 2 is 1.77 bits per heavy atom. The van der Waals surface area contributed by atoms with Gasteiger partial charge in [-0.1, -0.05) is 5.92 Å². The van der Waals surface area contributed by atoms with Crippen molar-refractivity contribution in [2.24, 2.45) is 11.3 Å². The van der Waals surface area contributed by atoms with E-state index in [1.165, 1.54) is 0 Å². The van der Waals surface area contributed by atoms with Crippen molar-refractivity contribution in [3.8, 4) is 17.6 Å². The van der Waals surface area contributed by atoms with Crippen molar-refractivity contribution in [3.63, 3.8) is 0 Å². The van der Waals surface area contributed by atoms with Crippen LogP contribution in [0.1, 0.15) is 68.1 Å². The van der Waals surface area contributed by atoms with Gasteiger partial charge in [0, 0.05) is 43.0 Å². The number of methoxy groups -OCH3 is 1. The normalized spacial score (nSPS) is 21.4. The summed E-state index contributed by atoms with van der Waals surface area (Å²) in [5, 5.41) is 0. The van der Waals surface area contributed by atoms with Crippen molar-refractivity contribution in [2.45, 2.75) is 58.3 Å². The summed E-state index contributed by atoms with van der Waals surface area (Å²) < 4.78 is 5.55. The molecule has 5 nitrogen and oxygen atoms in total. The Morgan fingerprint density at radius 1 is 1.13 bits per heavy atom. The zero-order chi connectivity index (χ0) is 21.5. The number of likely N-dealkylation sites (tertiary alicyclic amines) is 1. The number of aryl methyl sites for hydroxylation is 1. The van der Waals surface area contributed by atoms with Gasteiger partial charge < -0.3 is 9.64 Å². The van der Waals surface area contributed by atoms with Crippen molar-refractivity contribution in [1.82, 2.24) is 4.90 Å².